The average molecular weight is 443 g/mol. The van der Waals surface area contributed by atoms with Crippen molar-refractivity contribution in [3.8, 4) is 0 Å². The highest BCUT2D eigenvalue weighted by Gasteiger charge is 2.34. The van der Waals surface area contributed by atoms with Gasteiger partial charge >= 0.3 is 0 Å². The lowest BCUT2D eigenvalue weighted by atomic mass is 9.99. The summed E-state index contributed by atoms with van der Waals surface area (Å²) in [6, 6.07) is 22.3. The predicted molar refractivity (Wildman–Crippen MR) is 126 cm³/mol. The van der Waals surface area contributed by atoms with Crippen LogP contribution >= 0.6 is 0 Å². The first-order valence-electron chi connectivity index (χ1n) is 11.6. The number of hydrogen-bond acceptors (Lipinski definition) is 2. The van der Waals surface area contributed by atoms with Gasteiger partial charge in [0, 0.05) is 24.7 Å². The fourth-order valence-corrected chi connectivity index (χ4v) is 4.45. The van der Waals surface area contributed by atoms with Crippen LogP contribution in [-0.2, 0) is 35.5 Å². The van der Waals surface area contributed by atoms with E-state index in [1.165, 1.54) is 23.3 Å². The average Bonchev–Trinajstić information content (AvgIpc) is 3.68. The Labute approximate surface area is 193 Å². The molecular weight excluding hydrogens is 415 g/mol. The molecular formula is C28H27FN2O2. The third kappa shape index (κ3) is 4.98. The predicted octanol–water partition coefficient (Wildman–Crippen LogP) is 4.90. The van der Waals surface area contributed by atoms with E-state index in [0.717, 1.165) is 42.6 Å². The van der Waals surface area contributed by atoms with Crippen LogP contribution in [0.4, 0.5) is 10.1 Å². The molecule has 3 aromatic rings. The van der Waals surface area contributed by atoms with E-state index in [9.17, 15) is 14.0 Å². The van der Waals surface area contributed by atoms with Gasteiger partial charge in [0.25, 0.3) is 0 Å². The molecule has 168 valence electrons. The zero-order valence-corrected chi connectivity index (χ0v) is 18.5. The molecule has 0 atom stereocenters. The molecule has 1 aliphatic heterocycles. The Hall–Kier alpha value is -3.47. The number of amides is 2. The minimum absolute atomic E-state index is 0.0572. The van der Waals surface area contributed by atoms with Crippen LogP contribution in [-0.4, -0.2) is 23.3 Å². The van der Waals surface area contributed by atoms with Gasteiger partial charge in [-0.05, 0) is 65.8 Å². The van der Waals surface area contributed by atoms with Gasteiger partial charge in [-0.2, -0.15) is 0 Å². The summed E-state index contributed by atoms with van der Waals surface area (Å²) in [5.74, 6) is -0.0553. The number of hydrogen-bond donors (Lipinski definition) is 0. The second-order valence-corrected chi connectivity index (χ2v) is 9.01. The van der Waals surface area contributed by atoms with Crippen molar-refractivity contribution in [2.24, 2.45) is 5.92 Å². The smallest absolute Gasteiger partial charge is 0.230 e. The Bertz CT molecular complexity index is 1170. The van der Waals surface area contributed by atoms with E-state index in [1.54, 1.807) is 11.0 Å². The summed E-state index contributed by atoms with van der Waals surface area (Å²) in [6.45, 7) is 1.73. The summed E-state index contributed by atoms with van der Waals surface area (Å²) < 4.78 is 13.7. The summed E-state index contributed by atoms with van der Waals surface area (Å²) in [5.41, 5.74) is 5.00. The molecule has 1 saturated carbocycles. The Balaban J connectivity index is 1.28. The molecule has 5 heteroatoms. The third-order valence-corrected chi connectivity index (χ3v) is 6.51. The maximum absolute atomic E-state index is 13.7. The van der Waals surface area contributed by atoms with Crippen molar-refractivity contribution in [2.75, 3.05) is 11.4 Å². The van der Waals surface area contributed by atoms with Gasteiger partial charge in [-0.15, -0.1) is 0 Å². The lowest BCUT2D eigenvalue weighted by molar-refractivity contribution is -0.131. The molecule has 2 aliphatic rings. The van der Waals surface area contributed by atoms with Crippen LogP contribution in [0.2, 0.25) is 0 Å². The van der Waals surface area contributed by atoms with Gasteiger partial charge in [0.2, 0.25) is 11.8 Å². The summed E-state index contributed by atoms with van der Waals surface area (Å²) in [6.07, 6.45) is 3.04. The normalized spacial score (nSPS) is 15.1. The second-order valence-electron chi connectivity index (χ2n) is 9.01. The van der Waals surface area contributed by atoms with Crippen molar-refractivity contribution >= 4 is 17.5 Å². The summed E-state index contributed by atoms with van der Waals surface area (Å²) in [7, 11) is 0. The zero-order chi connectivity index (χ0) is 22.8. The van der Waals surface area contributed by atoms with Crippen molar-refractivity contribution < 1.29 is 14.0 Å². The first-order chi connectivity index (χ1) is 16.1. The SMILES string of the molecule is O=C(Cc1ccc(N(Cc2cccc(F)c2)C(=O)C2CC2)cc1)N1CCc2ccccc2C1. The van der Waals surface area contributed by atoms with Crippen molar-refractivity contribution in [3.05, 3.63) is 101 Å². The highest BCUT2D eigenvalue weighted by Crippen LogP contribution is 2.33. The molecule has 0 spiro atoms. The lowest BCUT2D eigenvalue weighted by Gasteiger charge is -2.29. The van der Waals surface area contributed by atoms with Gasteiger partial charge in [0.15, 0.2) is 0 Å². The van der Waals surface area contributed by atoms with Gasteiger partial charge < -0.3 is 9.80 Å². The van der Waals surface area contributed by atoms with E-state index in [4.69, 9.17) is 0 Å². The Morgan fingerprint density at radius 3 is 2.39 bits per heavy atom. The number of carbonyl (C=O) groups is 2. The molecule has 4 nitrogen and oxygen atoms in total. The number of rotatable bonds is 6. The number of nitrogens with zero attached hydrogens (tertiary/aromatic N) is 2. The zero-order valence-electron chi connectivity index (χ0n) is 18.5. The topological polar surface area (TPSA) is 40.6 Å². The number of halogens is 1. The molecule has 0 N–H and O–H groups in total. The Morgan fingerprint density at radius 1 is 0.909 bits per heavy atom. The molecule has 1 aliphatic carbocycles. The number of benzene rings is 3. The van der Waals surface area contributed by atoms with Crippen molar-refractivity contribution in [2.45, 2.75) is 38.8 Å². The van der Waals surface area contributed by atoms with Crippen LogP contribution < -0.4 is 4.90 Å². The van der Waals surface area contributed by atoms with Crippen LogP contribution in [0.15, 0.2) is 72.8 Å². The first kappa shape index (κ1) is 21.4. The number of anilines is 1. The van der Waals surface area contributed by atoms with Crippen LogP contribution in [0, 0.1) is 11.7 Å². The van der Waals surface area contributed by atoms with Gasteiger partial charge in [-0.3, -0.25) is 9.59 Å². The number of carbonyl (C=O) groups excluding carboxylic acids is 2. The van der Waals surface area contributed by atoms with E-state index in [-0.39, 0.29) is 23.5 Å². The molecule has 0 saturated heterocycles. The van der Waals surface area contributed by atoms with Gasteiger partial charge in [-0.25, -0.2) is 4.39 Å². The molecule has 0 unspecified atom stereocenters. The van der Waals surface area contributed by atoms with Crippen molar-refractivity contribution in [1.29, 1.82) is 0 Å². The van der Waals surface area contributed by atoms with Crippen LogP contribution in [0.3, 0.4) is 0 Å². The summed E-state index contributed by atoms with van der Waals surface area (Å²) in [4.78, 5) is 29.5. The molecule has 0 bridgehead atoms. The van der Waals surface area contributed by atoms with E-state index in [2.05, 4.69) is 12.1 Å². The fourth-order valence-electron chi connectivity index (χ4n) is 4.45. The minimum Gasteiger partial charge on any atom is -0.338 e. The highest BCUT2D eigenvalue weighted by molar-refractivity contribution is 5.96. The molecule has 1 heterocycles. The monoisotopic (exact) mass is 442 g/mol. The molecule has 0 radical (unpaired) electrons. The van der Waals surface area contributed by atoms with Gasteiger partial charge in [0.1, 0.15) is 5.82 Å². The molecule has 33 heavy (non-hydrogen) atoms. The minimum atomic E-state index is -0.305. The maximum atomic E-state index is 13.7. The Kier molecular flexibility index (Phi) is 5.95. The summed E-state index contributed by atoms with van der Waals surface area (Å²) in [5, 5.41) is 0. The maximum Gasteiger partial charge on any atom is 0.230 e. The first-order valence-corrected chi connectivity index (χ1v) is 11.6. The van der Waals surface area contributed by atoms with Crippen molar-refractivity contribution in [1.82, 2.24) is 4.90 Å². The molecule has 2 amide bonds. The molecule has 3 aromatic carbocycles. The lowest BCUT2D eigenvalue weighted by Crippen LogP contribution is -2.36. The largest absolute Gasteiger partial charge is 0.338 e. The Morgan fingerprint density at radius 2 is 1.67 bits per heavy atom. The standard InChI is InChI=1S/C28H27FN2O2/c29-25-7-3-4-21(16-25)18-31(28(33)23-10-11-23)26-12-8-20(9-13-26)17-27(32)30-15-14-22-5-1-2-6-24(22)19-30/h1-9,12-13,16,23H,10-11,14-15,17-19H2. The van der Waals surface area contributed by atoms with E-state index < -0.39 is 0 Å². The summed E-state index contributed by atoms with van der Waals surface area (Å²) >= 11 is 0. The third-order valence-electron chi connectivity index (χ3n) is 6.51. The van der Waals surface area contributed by atoms with Crippen molar-refractivity contribution in [3.63, 3.8) is 0 Å². The van der Waals surface area contributed by atoms with Crippen LogP contribution in [0.1, 0.15) is 35.1 Å². The number of fused-ring (bicyclic) bond motifs is 1. The van der Waals surface area contributed by atoms with E-state index in [1.807, 2.05) is 47.4 Å². The molecule has 0 aromatic heterocycles. The quantitative estimate of drug-likeness (QED) is 0.545. The van der Waals surface area contributed by atoms with Crippen LogP contribution in [0.5, 0.6) is 0 Å². The van der Waals surface area contributed by atoms with Gasteiger partial charge in [0.05, 0.1) is 13.0 Å². The van der Waals surface area contributed by atoms with Crippen LogP contribution in [0.25, 0.3) is 0 Å². The van der Waals surface area contributed by atoms with Gasteiger partial charge in [-0.1, -0.05) is 48.5 Å². The molecule has 5 rings (SSSR count). The van der Waals surface area contributed by atoms with E-state index in [0.29, 0.717) is 19.5 Å². The highest BCUT2D eigenvalue weighted by atomic mass is 19.1. The second kappa shape index (κ2) is 9.18. The molecule has 1 fully saturated rings. The van der Waals surface area contributed by atoms with E-state index >= 15 is 0 Å². The fraction of sp³-hybridized carbons (Fsp3) is 0.286.